The molecule has 1 rings (SSSR count). The maximum Gasteiger partial charge on any atom is 0.317 e. The standard InChI is InChI=1S/C15H21NO5/c1-11-4-5-12(2)13(8-11)21-7-3-6-16(9-14(17)18)10-15(19)20/h4-5,8H,3,6-7,9-10H2,1-2H3,(H,17,18)(H,19,20). The molecule has 6 heteroatoms. The van der Waals surface area contributed by atoms with Crippen LogP contribution in [0.25, 0.3) is 0 Å². The van der Waals surface area contributed by atoms with Crippen molar-refractivity contribution in [3.05, 3.63) is 29.3 Å². The summed E-state index contributed by atoms with van der Waals surface area (Å²) in [6.07, 6.45) is 0.563. The molecule has 0 saturated heterocycles. The van der Waals surface area contributed by atoms with Gasteiger partial charge in [-0.1, -0.05) is 12.1 Å². The summed E-state index contributed by atoms with van der Waals surface area (Å²) >= 11 is 0. The van der Waals surface area contributed by atoms with E-state index < -0.39 is 11.9 Å². The highest BCUT2D eigenvalue weighted by molar-refractivity contribution is 5.72. The van der Waals surface area contributed by atoms with Gasteiger partial charge in [-0.05, 0) is 37.5 Å². The molecule has 0 bridgehead atoms. The third-order valence-electron chi connectivity index (χ3n) is 2.94. The average molecular weight is 295 g/mol. The number of hydrogen-bond acceptors (Lipinski definition) is 4. The van der Waals surface area contributed by atoms with Crippen LogP contribution in [0.4, 0.5) is 0 Å². The molecule has 2 N–H and O–H groups in total. The van der Waals surface area contributed by atoms with Crippen molar-refractivity contribution in [2.45, 2.75) is 20.3 Å². The number of aliphatic carboxylic acids is 2. The Balaban J connectivity index is 2.41. The van der Waals surface area contributed by atoms with Gasteiger partial charge in [0.15, 0.2) is 0 Å². The van der Waals surface area contributed by atoms with E-state index in [4.69, 9.17) is 14.9 Å². The van der Waals surface area contributed by atoms with Crippen molar-refractivity contribution in [1.29, 1.82) is 0 Å². The lowest BCUT2D eigenvalue weighted by Crippen LogP contribution is -2.35. The van der Waals surface area contributed by atoms with Crippen LogP contribution >= 0.6 is 0 Å². The molecule has 0 aromatic heterocycles. The first-order valence-corrected chi connectivity index (χ1v) is 6.74. The van der Waals surface area contributed by atoms with E-state index in [1.807, 2.05) is 32.0 Å². The van der Waals surface area contributed by atoms with E-state index in [1.165, 1.54) is 4.90 Å². The Morgan fingerprint density at radius 1 is 1.14 bits per heavy atom. The summed E-state index contributed by atoms with van der Waals surface area (Å²) in [6.45, 7) is 4.15. The third-order valence-corrected chi connectivity index (χ3v) is 2.94. The minimum Gasteiger partial charge on any atom is -0.493 e. The van der Waals surface area contributed by atoms with Gasteiger partial charge in [-0.15, -0.1) is 0 Å². The number of benzene rings is 1. The van der Waals surface area contributed by atoms with Crippen molar-refractivity contribution in [1.82, 2.24) is 4.90 Å². The predicted octanol–water partition coefficient (Wildman–Crippen LogP) is 1.54. The van der Waals surface area contributed by atoms with E-state index in [0.29, 0.717) is 19.6 Å². The maximum absolute atomic E-state index is 10.7. The summed E-state index contributed by atoms with van der Waals surface area (Å²) in [5, 5.41) is 17.5. The van der Waals surface area contributed by atoms with Gasteiger partial charge in [0.1, 0.15) is 5.75 Å². The smallest absolute Gasteiger partial charge is 0.317 e. The first-order valence-electron chi connectivity index (χ1n) is 6.74. The SMILES string of the molecule is Cc1ccc(C)c(OCCCN(CC(=O)O)CC(=O)O)c1. The molecule has 0 heterocycles. The first-order chi connectivity index (χ1) is 9.88. The molecule has 0 amide bonds. The lowest BCUT2D eigenvalue weighted by molar-refractivity contribution is -0.141. The zero-order chi connectivity index (χ0) is 15.8. The predicted molar refractivity (Wildman–Crippen MR) is 77.7 cm³/mol. The summed E-state index contributed by atoms with van der Waals surface area (Å²) in [7, 11) is 0. The molecular weight excluding hydrogens is 274 g/mol. The Bertz CT molecular complexity index is 485. The number of carbonyl (C=O) groups is 2. The summed E-state index contributed by atoms with van der Waals surface area (Å²) < 4.78 is 5.66. The third kappa shape index (κ3) is 6.76. The Labute approximate surface area is 124 Å². The number of nitrogens with zero attached hydrogens (tertiary/aromatic N) is 1. The molecular formula is C15H21NO5. The Hall–Kier alpha value is -2.08. The molecule has 21 heavy (non-hydrogen) atoms. The monoisotopic (exact) mass is 295 g/mol. The molecule has 0 fully saturated rings. The summed E-state index contributed by atoms with van der Waals surface area (Å²) in [5.41, 5.74) is 2.14. The van der Waals surface area contributed by atoms with Crippen molar-refractivity contribution in [2.75, 3.05) is 26.2 Å². The van der Waals surface area contributed by atoms with Crippen LogP contribution in [0.1, 0.15) is 17.5 Å². The molecule has 0 aliphatic carbocycles. The highest BCUT2D eigenvalue weighted by atomic mass is 16.5. The first kappa shape index (κ1) is 17.0. The average Bonchev–Trinajstić information content (AvgIpc) is 2.37. The van der Waals surface area contributed by atoms with Crippen LogP contribution in [0.5, 0.6) is 5.75 Å². The van der Waals surface area contributed by atoms with Crippen LogP contribution in [-0.2, 0) is 9.59 Å². The molecule has 0 unspecified atom stereocenters. The highest BCUT2D eigenvalue weighted by Crippen LogP contribution is 2.19. The van der Waals surface area contributed by atoms with Crippen LogP contribution in [0, 0.1) is 13.8 Å². The molecule has 0 saturated carbocycles. The van der Waals surface area contributed by atoms with E-state index in [-0.39, 0.29) is 13.1 Å². The van der Waals surface area contributed by atoms with Gasteiger partial charge in [0.05, 0.1) is 19.7 Å². The van der Waals surface area contributed by atoms with Crippen molar-refractivity contribution < 1.29 is 24.5 Å². The number of aryl methyl sites for hydroxylation is 2. The summed E-state index contributed by atoms with van der Waals surface area (Å²) in [5.74, 6) is -1.27. The number of carboxylic acids is 2. The van der Waals surface area contributed by atoms with Gasteiger partial charge in [0.2, 0.25) is 0 Å². The zero-order valence-electron chi connectivity index (χ0n) is 12.3. The van der Waals surface area contributed by atoms with Crippen molar-refractivity contribution in [3.63, 3.8) is 0 Å². The molecule has 0 spiro atoms. The van der Waals surface area contributed by atoms with Crippen molar-refractivity contribution in [3.8, 4) is 5.75 Å². The number of hydrogen-bond donors (Lipinski definition) is 2. The van der Waals surface area contributed by atoms with Gasteiger partial charge in [-0.2, -0.15) is 0 Å². The van der Waals surface area contributed by atoms with E-state index >= 15 is 0 Å². The van der Waals surface area contributed by atoms with Crippen LogP contribution in [0.3, 0.4) is 0 Å². The molecule has 0 radical (unpaired) electrons. The molecule has 0 atom stereocenters. The second-order valence-electron chi connectivity index (χ2n) is 4.97. The minimum absolute atomic E-state index is 0.282. The van der Waals surface area contributed by atoms with Crippen molar-refractivity contribution in [2.24, 2.45) is 0 Å². The van der Waals surface area contributed by atoms with Gasteiger partial charge in [0, 0.05) is 6.54 Å². The molecule has 0 aliphatic heterocycles. The fraction of sp³-hybridized carbons (Fsp3) is 0.467. The maximum atomic E-state index is 10.7. The second-order valence-corrected chi connectivity index (χ2v) is 4.97. The Kier molecular flexibility index (Phi) is 6.68. The van der Waals surface area contributed by atoms with Crippen LogP contribution in [-0.4, -0.2) is 53.3 Å². The van der Waals surface area contributed by atoms with Gasteiger partial charge >= 0.3 is 11.9 Å². The van der Waals surface area contributed by atoms with E-state index in [1.54, 1.807) is 0 Å². The van der Waals surface area contributed by atoms with E-state index in [2.05, 4.69) is 0 Å². The van der Waals surface area contributed by atoms with Crippen molar-refractivity contribution >= 4 is 11.9 Å². The quantitative estimate of drug-likeness (QED) is 0.672. The minimum atomic E-state index is -1.04. The number of ether oxygens (including phenoxy) is 1. The van der Waals surface area contributed by atoms with Gasteiger partial charge in [-0.3, -0.25) is 14.5 Å². The molecule has 116 valence electrons. The second kappa shape index (κ2) is 8.26. The Morgan fingerprint density at radius 2 is 1.76 bits per heavy atom. The van der Waals surface area contributed by atoms with Crippen LogP contribution in [0.15, 0.2) is 18.2 Å². The van der Waals surface area contributed by atoms with Crippen LogP contribution in [0.2, 0.25) is 0 Å². The normalized spacial score (nSPS) is 10.6. The lowest BCUT2D eigenvalue weighted by Gasteiger charge is -2.18. The van der Waals surface area contributed by atoms with E-state index in [0.717, 1.165) is 16.9 Å². The number of carboxylic acid groups (broad SMARTS) is 2. The lowest BCUT2D eigenvalue weighted by atomic mass is 10.1. The zero-order valence-corrected chi connectivity index (χ0v) is 12.3. The fourth-order valence-corrected chi connectivity index (χ4v) is 1.93. The van der Waals surface area contributed by atoms with Gasteiger partial charge in [-0.25, -0.2) is 0 Å². The fourth-order valence-electron chi connectivity index (χ4n) is 1.93. The van der Waals surface area contributed by atoms with Crippen LogP contribution < -0.4 is 4.74 Å². The summed E-state index contributed by atoms with van der Waals surface area (Å²) in [6, 6.07) is 5.93. The van der Waals surface area contributed by atoms with Gasteiger partial charge < -0.3 is 14.9 Å². The topological polar surface area (TPSA) is 87.1 Å². The van der Waals surface area contributed by atoms with Gasteiger partial charge in [0.25, 0.3) is 0 Å². The molecule has 6 nitrogen and oxygen atoms in total. The highest BCUT2D eigenvalue weighted by Gasteiger charge is 2.13. The Morgan fingerprint density at radius 3 is 2.33 bits per heavy atom. The summed E-state index contributed by atoms with van der Waals surface area (Å²) in [4.78, 5) is 22.7. The molecule has 0 aliphatic rings. The largest absolute Gasteiger partial charge is 0.493 e. The molecule has 1 aromatic carbocycles. The van der Waals surface area contributed by atoms with E-state index in [9.17, 15) is 9.59 Å². The number of rotatable bonds is 9. The molecule has 1 aromatic rings.